The Kier molecular flexibility index (Phi) is 3.40. The highest BCUT2D eigenvalue weighted by molar-refractivity contribution is 5.92. The van der Waals surface area contributed by atoms with Gasteiger partial charge in [0.25, 0.3) is 0 Å². The van der Waals surface area contributed by atoms with Crippen molar-refractivity contribution in [2.45, 2.75) is 89.9 Å². The summed E-state index contributed by atoms with van der Waals surface area (Å²) in [6.45, 7) is 7.27. The van der Waals surface area contributed by atoms with Gasteiger partial charge in [-0.25, -0.2) is 0 Å². The minimum atomic E-state index is -0.0229. The van der Waals surface area contributed by atoms with Gasteiger partial charge < -0.3 is 4.74 Å². The monoisotopic (exact) mass is 357 g/mol. The van der Waals surface area contributed by atoms with Gasteiger partial charge in [0.15, 0.2) is 5.78 Å². The lowest BCUT2D eigenvalue weighted by atomic mass is 9.45. The van der Waals surface area contributed by atoms with Crippen LogP contribution in [-0.2, 0) is 9.53 Å². The lowest BCUT2D eigenvalue weighted by Gasteiger charge is -2.58. The summed E-state index contributed by atoms with van der Waals surface area (Å²) in [7, 11) is 0. The summed E-state index contributed by atoms with van der Waals surface area (Å²) < 4.78 is 5.96. The highest BCUT2D eigenvalue weighted by Gasteiger charge is 2.65. The Morgan fingerprint density at radius 1 is 1.00 bits per heavy atom. The second-order valence-corrected chi connectivity index (χ2v) is 11.1. The van der Waals surface area contributed by atoms with Crippen LogP contribution in [0.25, 0.3) is 0 Å². The fourth-order valence-electron chi connectivity index (χ4n) is 8.68. The van der Waals surface area contributed by atoms with Crippen molar-refractivity contribution >= 4 is 5.78 Å². The van der Waals surface area contributed by atoms with Crippen LogP contribution in [0.5, 0.6) is 0 Å². The molecule has 0 bridgehead atoms. The van der Waals surface area contributed by atoms with Crippen LogP contribution in [0, 0.1) is 34.5 Å². The third-order valence-electron chi connectivity index (χ3n) is 10.2. The fraction of sp³-hybridized carbons (Fsp3) is 0.957. The number of ketones is 1. The van der Waals surface area contributed by atoms with Crippen LogP contribution >= 0.6 is 0 Å². The molecule has 4 saturated carbocycles. The number of epoxide rings is 1. The van der Waals surface area contributed by atoms with E-state index in [1.807, 2.05) is 0 Å². The number of fused-ring (bicyclic) bond motifs is 6. The number of Topliss-reactive ketones (excluding diaryl/α,β-unsaturated/α-hetero) is 1. The van der Waals surface area contributed by atoms with Crippen LogP contribution in [-0.4, -0.2) is 42.0 Å². The summed E-state index contributed by atoms with van der Waals surface area (Å²) >= 11 is 0. The van der Waals surface area contributed by atoms with Crippen LogP contribution in [0.15, 0.2) is 0 Å². The first-order valence-corrected chi connectivity index (χ1v) is 11.4. The van der Waals surface area contributed by atoms with Crippen molar-refractivity contribution in [1.82, 2.24) is 4.90 Å². The molecule has 6 fully saturated rings. The largest absolute Gasteiger partial charge is 0.370 e. The molecule has 0 amide bonds. The molecule has 2 aliphatic heterocycles. The second kappa shape index (κ2) is 5.35. The van der Waals surface area contributed by atoms with Crippen LogP contribution in [0.4, 0.5) is 0 Å². The van der Waals surface area contributed by atoms with Gasteiger partial charge in [0.2, 0.25) is 0 Å². The van der Waals surface area contributed by atoms with Crippen molar-refractivity contribution in [1.29, 1.82) is 0 Å². The average Bonchev–Trinajstić information content (AvgIpc) is 3.02. The molecule has 2 heterocycles. The molecule has 0 radical (unpaired) electrons. The number of rotatable bonds is 1. The summed E-state index contributed by atoms with van der Waals surface area (Å²) in [5, 5.41) is 0. The number of likely N-dealkylation sites (tertiary alicyclic amines) is 1. The molecule has 6 aliphatic rings. The van der Waals surface area contributed by atoms with Gasteiger partial charge in [0, 0.05) is 5.41 Å². The SMILES string of the molecule is C[C@]12CC3OC3CC1CCC1C2CC[C@]2(C)C(=O)C(N3CCCC3)CC12. The first-order valence-electron chi connectivity index (χ1n) is 11.4. The fourth-order valence-corrected chi connectivity index (χ4v) is 8.68. The van der Waals surface area contributed by atoms with E-state index in [0.29, 0.717) is 29.3 Å². The standard InChI is InChI=1S/C23H35NO2/c1-22-8-7-16-15(6-5-14-11-19-20(26-19)13-23(14,16)2)17(22)12-18(21(22)25)24-9-3-4-10-24/h14-20H,3-13H2,1-2H3/t14?,15?,16?,17?,18?,19?,20?,22-,23-/m0/s1. The summed E-state index contributed by atoms with van der Waals surface area (Å²) in [6.07, 6.45) is 12.8. The maximum atomic E-state index is 13.5. The van der Waals surface area contributed by atoms with Gasteiger partial charge in [-0.15, -0.1) is 0 Å². The molecule has 6 rings (SSSR count). The van der Waals surface area contributed by atoms with E-state index in [1.165, 1.54) is 51.4 Å². The number of carbonyl (C=O) groups excluding carboxylic acids is 1. The van der Waals surface area contributed by atoms with E-state index in [9.17, 15) is 4.79 Å². The number of hydrogen-bond acceptors (Lipinski definition) is 3. The van der Waals surface area contributed by atoms with Gasteiger partial charge in [-0.3, -0.25) is 9.69 Å². The number of nitrogens with zero attached hydrogens (tertiary/aromatic N) is 1. The molecule has 0 N–H and O–H groups in total. The molecule has 144 valence electrons. The lowest BCUT2D eigenvalue weighted by molar-refractivity contribution is -0.139. The topological polar surface area (TPSA) is 32.8 Å². The highest BCUT2D eigenvalue weighted by Crippen LogP contribution is 2.67. The smallest absolute Gasteiger partial charge is 0.156 e. The van der Waals surface area contributed by atoms with Crippen molar-refractivity contribution < 1.29 is 9.53 Å². The van der Waals surface area contributed by atoms with Gasteiger partial charge in [0.1, 0.15) is 0 Å². The van der Waals surface area contributed by atoms with Gasteiger partial charge >= 0.3 is 0 Å². The van der Waals surface area contributed by atoms with E-state index in [1.54, 1.807) is 0 Å². The molecule has 2 saturated heterocycles. The van der Waals surface area contributed by atoms with Gasteiger partial charge in [0.05, 0.1) is 18.2 Å². The van der Waals surface area contributed by atoms with E-state index >= 15 is 0 Å². The first kappa shape index (κ1) is 16.5. The van der Waals surface area contributed by atoms with Crippen LogP contribution in [0.3, 0.4) is 0 Å². The van der Waals surface area contributed by atoms with E-state index in [2.05, 4.69) is 18.7 Å². The van der Waals surface area contributed by atoms with Crippen molar-refractivity contribution in [3.05, 3.63) is 0 Å². The van der Waals surface area contributed by atoms with Gasteiger partial charge in [-0.2, -0.15) is 0 Å². The summed E-state index contributed by atoms with van der Waals surface area (Å²) in [5.74, 6) is 3.78. The van der Waals surface area contributed by atoms with E-state index in [4.69, 9.17) is 4.74 Å². The third-order valence-corrected chi connectivity index (χ3v) is 10.2. The molecule has 0 aromatic heterocycles. The predicted molar refractivity (Wildman–Crippen MR) is 101 cm³/mol. The molecular weight excluding hydrogens is 322 g/mol. The Morgan fingerprint density at radius 3 is 2.62 bits per heavy atom. The van der Waals surface area contributed by atoms with Gasteiger partial charge in [-0.1, -0.05) is 13.8 Å². The van der Waals surface area contributed by atoms with E-state index < -0.39 is 0 Å². The Morgan fingerprint density at radius 2 is 1.81 bits per heavy atom. The first-order chi connectivity index (χ1) is 12.5. The maximum absolute atomic E-state index is 13.5. The van der Waals surface area contributed by atoms with Crippen molar-refractivity contribution in [2.75, 3.05) is 13.1 Å². The van der Waals surface area contributed by atoms with Crippen LogP contribution in [0.1, 0.15) is 71.6 Å². The minimum absolute atomic E-state index is 0.0229. The molecular formula is C23H35NO2. The summed E-state index contributed by atoms with van der Waals surface area (Å²) in [4.78, 5) is 16.0. The molecule has 7 unspecified atom stereocenters. The zero-order valence-corrected chi connectivity index (χ0v) is 16.6. The Bertz CT molecular complexity index is 628. The van der Waals surface area contributed by atoms with Crippen molar-refractivity contribution in [2.24, 2.45) is 34.5 Å². The third kappa shape index (κ3) is 2.05. The zero-order valence-electron chi connectivity index (χ0n) is 16.6. The summed E-state index contributed by atoms with van der Waals surface area (Å²) in [5.41, 5.74) is 0.460. The Hall–Kier alpha value is -0.410. The second-order valence-electron chi connectivity index (χ2n) is 11.1. The molecule has 3 nitrogen and oxygen atoms in total. The predicted octanol–water partition coefficient (Wildman–Crippen LogP) is 4.05. The van der Waals surface area contributed by atoms with Crippen molar-refractivity contribution in [3.63, 3.8) is 0 Å². The molecule has 0 aromatic carbocycles. The Labute approximate surface area is 158 Å². The van der Waals surface area contributed by atoms with Gasteiger partial charge in [-0.05, 0) is 100.0 Å². The summed E-state index contributed by atoms with van der Waals surface area (Å²) in [6, 6.07) is 0.249. The minimum Gasteiger partial charge on any atom is -0.370 e. The van der Waals surface area contributed by atoms with E-state index in [0.717, 1.165) is 37.3 Å². The zero-order chi connectivity index (χ0) is 17.7. The highest BCUT2D eigenvalue weighted by atomic mass is 16.6. The molecule has 9 atom stereocenters. The maximum Gasteiger partial charge on any atom is 0.156 e. The van der Waals surface area contributed by atoms with E-state index in [-0.39, 0.29) is 11.5 Å². The van der Waals surface area contributed by atoms with Crippen LogP contribution < -0.4 is 0 Å². The molecule has 3 heteroatoms. The van der Waals surface area contributed by atoms with Crippen molar-refractivity contribution in [3.8, 4) is 0 Å². The number of ether oxygens (including phenoxy) is 1. The lowest BCUT2D eigenvalue weighted by Crippen LogP contribution is -2.53. The number of hydrogen-bond donors (Lipinski definition) is 0. The average molecular weight is 358 g/mol. The molecule has 0 spiro atoms. The molecule has 0 aromatic rings. The molecule has 4 aliphatic carbocycles. The molecule has 26 heavy (non-hydrogen) atoms. The number of carbonyl (C=O) groups is 1. The quantitative estimate of drug-likeness (QED) is 0.664. The Balaban J connectivity index is 1.30. The van der Waals surface area contributed by atoms with Crippen LogP contribution in [0.2, 0.25) is 0 Å². The normalized spacial score (nSPS) is 58.7.